The highest BCUT2D eigenvalue weighted by molar-refractivity contribution is 5.96. The molecule has 1 N–H and O–H groups in total. The van der Waals surface area contributed by atoms with Crippen LogP contribution in [0, 0.1) is 0 Å². The van der Waals surface area contributed by atoms with E-state index < -0.39 is 5.91 Å². The number of allylic oxidation sites excluding steroid dienone is 1. The summed E-state index contributed by atoms with van der Waals surface area (Å²) in [6.45, 7) is 1.41. The van der Waals surface area contributed by atoms with Crippen molar-refractivity contribution < 1.29 is 19.1 Å². The Morgan fingerprint density at radius 2 is 2.05 bits per heavy atom. The highest BCUT2D eigenvalue weighted by Crippen LogP contribution is 2.06. The smallest absolute Gasteiger partial charge is 0.274 e. The second-order valence-electron chi connectivity index (χ2n) is 3.67. The van der Waals surface area contributed by atoms with Gasteiger partial charge in [-0.1, -0.05) is 6.07 Å². The standard InChI is InChI=1S/C13H16N2O4/c1-9(16)12(19-3)11(8-18-2)15-13(17)10-6-4-5-7-14-10/h4-7H,8H2,1-3H3,(H,15,17)/b12-11+. The second-order valence-corrected chi connectivity index (χ2v) is 3.67. The van der Waals surface area contributed by atoms with Gasteiger partial charge in [-0.05, 0) is 12.1 Å². The summed E-state index contributed by atoms with van der Waals surface area (Å²) in [7, 11) is 2.82. The van der Waals surface area contributed by atoms with Crippen LogP contribution in [0.15, 0.2) is 35.9 Å². The summed E-state index contributed by atoms with van der Waals surface area (Å²) >= 11 is 0. The number of aromatic nitrogens is 1. The van der Waals surface area contributed by atoms with Gasteiger partial charge in [0, 0.05) is 20.2 Å². The summed E-state index contributed by atoms with van der Waals surface area (Å²) in [5.74, 6) is -0.662. The fraction of sp³-hybridized carbons (Fsp3) is 0.308. The Labute approximate surface area is 111 Å². The van der Waals surface area contributed by atoms with Gasteiger partial charge in [0.1, 0.15) is 5.69 Å². The van der Waals surface area contributed by atoms with Gasteiger partial charge in [-0.25, -0.2) is 0 Å². The molecule has 0 unspecified atom stereocenters. The first-order valence-corrected chi connectivity index (χ1v) is 5.59. The summed E-state index contributed by atoms with van der Waals surface area (Å²) in [6.07, 6.45) is 1.51. The average Bonchev–Trinajstić information content (AvgIpc) is 2.40. The average molecular weight is 264 g/mol. The molecule has 0 radical (unpaired) electrons. The monoisotopic (exact) mass is 264 g/mol. The molecule has 0 aromatic carbocycles. The first kappa shape index (κ1) is 14.8. The van der Waals surface area contributed by atoms with E-state index in [9.17, 15) is 9.59 Å². The van der Waals surface area contributed by atoms with Crippen LogP contribution in [0.5, 0.6) is 0 Å². The van der Waals surface area contributed by atoms with Crippen LogP contribution in [0.4, 0.5) is 0 Å². The summed E-state index contributed by atoms with van der Waals surface area (Å²) in [5.41, 5.74) is 0.517. The van der Waals surface area contributed by atoms with Gasteiger partial charge in [-0.3, -0.25) is 14.6 Å². The Morgan fingerprint density at radius 3 is 2.53 bits per heavy atom. The van der Waals surface area contributed by atoms with Crippen LogP contribution in [0.2, 0.25) is 0 Å². The Kier molecular flexibility index (Phi) is 5.69. The molecule has 1 amide bonds. The lowest BCUT2D eigenvalue weighted by Gasteiger charge is -2.12. The maximum absolute atomic E-state index is 11.9. The van der Waals surface area contributed by atoms with Crippen LogP contribution >= 0.6 is 0 Å². The van der Waals surface area contributed by atoms with Gasteiger partial charge in [-0.15, -0.1) is 0 Å². The van der Waals surface area contributed by atoms with Crippen molar-refractivity contribution >= 4 is 11.7 Å². The SMILES string of the molecule is COC/C(NC(=O)c1ccccn1)=C(\OC)C(C)=O. The van der Waals surface area contributed by atoms with Crippen molar-refractivity contribution in [2.24, 2.45) is 0 Å². The lowest BCUT2D eigenvalue weighted by Crippen LogP contribution is -2.28. The van der Waals surface area contributed by atoms with Crippen molar-refractivity contribution in [2.45, 2.75) is 6.92 Å². The quantitative estimate of drug-likeness (QED) is 0.610. The number of methoxy groups -OCH3 is 2. The number of amides is 1. The summed E-state index contributed by atoms with van der Waals surface area (Å²) in [4.78, 5) is 27.3. The molecule has 1 rings (SSSR count). The zero-order valence-corrected chi connectivity index (χ0v) is 11.1. The molecule has 1 aromatic rings. The van der Waals surface area contributed by atoms with Crippen molar-refractivity contribution in [3.05, 3.63) is 41.5 Å². The van der Waals surface area contributed by atoms with Gasteiger partial charge in [0.15, 0.2) is 11.5 Å². The number of ketones is 1. The van der Waals surface area contributed by atoms with E-state index in [1.165, 1.54) is 27.3 Å². The van der Waals surface area contributed by atoms with Crippen molar-refractivity contribution in [1.82, 2.24) is 10.3 Å². The molecule has 0 atom stereocenters. The Bertz CT molecular complexity index is 483. The van der Waals surface area contributed by atoms with E-state index in [1.54, 1.807) is 18.2 Å². The first-order chi connectivity index (χ1) is 9.10. The minimum Gasteiger partial charge on any atom is -0.491 e. The number of pyridine rings is 1. The molecule has 1 aromatic heterocycles. The molecule has 0 saturated carbocycles. The van der Waals surface area contributed by atoms with Crippen molar-refractivity contribution in [3.63, 3.8) is 0 Å². The van der Waals surface area contributed by atoms with Crippen molar-refractivity contribution in [1.29, 1.82) is 0 Å². The molecular formula is C13H16N2O4. The molecule has 0 aliphatic heterocycles. The number of nitrogens with zero attached hydrogens (tertiary/aromatic N) is 1. The highest BCUT2D eigenvalue weighted by Gasteiger charge is 2.16. The molecule has 19 heavy (non-hydrogen) atoms. The molecule has 0 bridgehead atoms. The second kappa shape index (κ2) is 7.27. The number of ether oxygens (including phenoxy) is 2. The molecule has 0 aliphatic rings. The van der Waals surface area contributed by atoms with Crippen LogP contribution in [0.25, 0.3) is 0 Å². The topological polar surface area (TPSA) is 77.5 Å². The normalized spacial score (nSPS) is 11.5. The summed E-state index contributed by atoms with van der Waals surface area (Å²) in [5, 5.41) is 2.57. The molecule has 0 aliphatic carbocycles. The third-order valence-electron chi connectivity index (χ3n) is 2.25. The predicted octanol–water partition coefficient (Wildman–Crippen LogP) is 0.905. The number of hydrogen-bond donors (Lipinski definition) is 1. The van der Waals surface area contributed by atoms with Gasteiger partial charge in [0.25, 0.3) is 5.91 Å². The molecule has 1 heterocycles. The number of carbonyl (C=O) groups is 2. The maximum Gasteiger partial charge on any atom is 0.274 e. The van der Waals surface area contributed by atoms with E-state index in [0.717, 1.165) is 0 Å². The van der Waals surface area contributed by atoms with E-state index >= 15 is 0 Å². The van der Waals surface area contributed by atoms with Gasteiger partial charge >= 0.3 is 0 Å². The predicted molar refractivity (Wildman–Crippen MR) is 68.3 cm³/mol. The molecular weight excluding hydrogens is 248 g/mol. The number of rotatable bonds is 6. The van der Waals surface area contributed by atoms with Crippen molar-refractivity contribution in [3.8, 4) is 0 Å². The number of hydrogen-bond acceptors (Lipinski definition) is 5. The lowest BCUT2D eigenvalue weighted by molar-refractivity contribution is -0.116. The molecule has 0 fully saturated rings. The maximum atomic E-state index is 11.9. The fourth-order valence-electron chi connectivity index (χ4n) is 1.48. The largest absolute Gasteiger partial charge is 0.491 e. The molecule has 6 heteroatoms. The van der Waals surface area contributed by atoms with Gasteiger partial charge in [0.05, 0.1) is 19.4 Å². The van der Waals surface area contributed by atoms with Crippen LogP contribution < -0.4 is 5.32 Å². The number of nitrogens with one attached hydrogen (secondary N) is 1. The van der Waals surface area contributed by atoms with E-state index in [-0.39, 0.29) is 29.5 Å². The van der Waals surface area contributed by atoms with Gasteiger partial charge in [0.2, 0.25) is 0 Å². The molecule has 102 valence electrons. The summed E-state index contributed by atoms with van der Waals surface area (Å²) < 4.78 is 9.93. The third-order valence-corrected chi connectivity index (χ3v) is 2.25. The Hall–Kier alpha value is -2.21. The van der Waals surface area contributed by atoms with E-state index in [4.69, 9.17) is 9.47 Å². The highest BCUT2D eigenvalue weighted by atomic mass is 16.5. The third kappa shape index (κ3) is 4.18. The molecule has 6 nitrogen and oxygen atoms in total. The fourth-order valence-corrected chi connectivity index (χ4v) is 1.48. The number of Topliss-reactive ketones (excluding diaryl/α,β-unsaturated/α-hetero) is 1. The Balaban J connectivity index is 2.97. The lowest BCUT2D eigenvalue weighted by atomic mass is 10.2. The van der Waals surface area contributed by atoms with Crippen LogP contribution in [-0.4, -0.2) is 37.5 Å². The van der Waals surface area contributed by atoms with Crippen molar-refractivity contribution in [2.75, 3.05) is 20.8 Å². The molecule has 0 spiro atoms. The minimum absolute atomic E-state index is 0.0569. The number of carbonyl (C=O) groups excluding carboxylic acids is 2. The zero-order valence-electron chi connectivity index (χ0n) is 11.1. The Morgan fingerprint density at radius 1 is 1.32 bits per heavy atom. The van der Waals surface area contributed by atoms with Crippen LogP contribution in [-0.2, 0) is 14.3 Å². The minimum atomic E-state index is -0.427. The van der Waals surface area contributed by atoms with E-state index in [0.29, 0.717) is 0 Å². The zero-order chi connectivity index (χ0) is 14.3. The van der Waals surface area contributed by atoms with E-state index in [1.807, 2.05) is 0 Å². The van der Waals surface area contributed by atoms with Crippen LogP contribution in [0.3, 0.4) is 0 Å². The first-order valence-electron chi connectivity index (χ1n) is 5.59. The van der Waals surface area contributed by atoms with Gasteiger partial charge < -0.3 is 14.8 Å². The summed E-state index contributed by atoms with van der Waals surface area (Å²) in [6, 6.07) is 4.97. The van der Waals surface area contributed by atoms with Gasteiger partial charge in [-0.2, -0.15) is 0 Å². The van der Waals surface area contributed by atoms with Crippen LogP contribution in [0.1, 0.15) is 17.4 Å². The molecule has 0 saturated heterocycles. The van der Waals surface area contributed by atoms with E-state index in [2.05, 4.69) is 10.3 Å².